The molecule has 9 heavy (non-hydrogen) atoms. The smallest absolute Gasteiger partial charge is 0.115 e. The van der Waals surface area contributed by atoms with Crippen molar-refractivity contribution in [2.45, 2.75) is 6.92 Å². The predicted octanol–water partition coefficient (Wildman–Crippen LogP) is 1.70. The van der Waals surface area contributed by atoms with Crippen molar-refractivity contribution in [3.63, 3.8) is 0 Å². The topological polar surface area (TPSA) is 20.2 Å². The molecule has 0 saturated heterocycles. The fourth-order valence-corrected chi connectivity index (χ4v) is 0.628. The fourth-order valence-electron chi connectivity index (χ4n) is 0.628. The van der Waals surface area contributed by atoms with Crippen LogP contribution in [0.3, 0.4) is 0 Å². The van der Waals surface area contributed by atoms with Crippen LogP contribution in [0, 0.1) is 6.92 Å². The molecule has 1 N–H and O–H groups in total. The molecule has 0 heterocycles. The van der Waals surface area contributed by atoms with Crippen molar-refractivity contribution in [1.82, 2.24) is 0 Å². The second kappa shape index (κ2) is 2.36. The zero-order valence-electron chi connectivity index (χ0n) is 5.46. The van der Waals surface area contributed by atoms with E-state index in [1.165, 1.54) is 0 Å². The van der Waals surface area contributed by atoms with E-state index in [-0.39, 0.29) is 0 Å². The Morgan fingerprint density at radius 3 is 2.33 bits per heavy atom. The first-order valence-corrected chi connectivity index (χ1v) is 2.54. The molecule has 0 unspecified atom stereocenters. The van der Waals surface area contributed by atoms with E-state index in [9.17, 15) is 0 Å². The van der Waals surface area contributed by atoms with Crippen molar-refractivity contribution in [3.05, 3.63) is 29.8 Å². The molecule has 0 aromatic heterocycles. The summed E-state index contributed by atoms with van der Waals surface area (Å²) in [4.78, 5) is 0. The second-order valence-corrected chi connectivity index (χ2v) is 1.84. The number of aryl methyl sites for hydroxylation is 1. The average molecular weight is 375 g/mol. The monoisotopic (exact) mass is 375 g/mol. The molecule has 0 spiro atoms. The first kappa shape index (κ1) is 7.02. The number of aromatic hydroxyl groups is 1. The van der Waals surface area contributed by atoms with Gasteiger partial charge in [-0.15, -0.1) is 0 Å². The number of benzene rings is 1. The Labute approximate surface area is 48.6 Å². The quantitative estimate of drug-likeness (QED) is 0.732. The van der Waals surface area contributed by atoms with Gasteiger partial charge in [0.2, 0.25) is 0 Å². The maximum Gasteiger partial charge on any atom is 0.115 e. The number of phenols is 1. The van der Waals surface area contributed by atoms with E-state index >= 15 is 0 Å². The molecule has 0 aliphatic carbocycles. The molecule has 0 radical (unpaired) electrons. The molecular formula is C7H8ORf. The van der Waals surface area contributed by atoms with Gasteiger partial charge in [-0.2, -0.15) is 0 Å². The maximum absolute atomic E-state index is 8.81. The van der Waals surface area contributed by atoms with Crippen LogP contribution in [0.5, 0.6) is 5.75 Å². The van der Waals surface area contributed by atoms with E-state index < -0.39 is 0 Å². The van der Waals surface area contributed by atoms with Crippen LogP contribution in [0.2, 0.25) is 0 Å². The predicted molar refractivity (Wildman–Crippen MR) is 32.8 cm³/mol. The van der Waals surface area contributed by atoms with Crippen molar-refractivity contribution >= 4 is 0 Å². The third-order valence-electron chi connectivity index (χ3n) is 1.00. The fraction of sp³-hybridized carbons (Fsp3) is 0.143. The third-order valence-corrected chi connectivity index (χ3v) is 1.00. The van der Waals surface area contributed by atoms with Gasteiger partial charge in [0.15, 0.2) is 0 Å². The van der Waals surface area contributed by atoms with Gasteiger partial charge in [-0.05, 0) is 24.6 Å². The summed E-state index contributed by atoms with van der Waals surface area (Å²) in [5, 5.41) is 8.81. The van der Waals surface area contributed by atoms with Crippen LogP contribution < -0.4 is 0 Å². The van der Waals surface area contributed by atoms with E-state index in [2.05, 4.69) is 0 Å². The van der Waals surface area contributed by atoms with Crippen LogP contribution >= 0.6 is 0 Å². The molecule has 0 bridgehead atoms. The minimum atomic E-state index is 0. The molecule has 1 rings (SSSR count). The SMILES string of the molecule is Cc1cccc(O)c1.[Rf]. The van der Waals surface area contributed by atoms with Gasteiger partial charge in [0.25, 0.3) is 0 Å². The van der Waals surface area contributed by atoms with Crippen LogP contribution in [0.25, 0.3) is 0 Å². The molecular weight excluding hydrogens is 367 g/mol. The van der Waals surface area contributed by atoms with Gasteiger partial charge in [-0.1, -0.05) is 12.1 Å². The second-order valence-electron chi connectivity index (χ2n) is 1.84. The molecule has 0 aliphatic rings. The summed E-state index contributed by atoms with van der Waals surface area (Å²) in [6, 6.07) is 7.15. The molecule has 0 amide bonds. The molecule has 1 nitrogen and oxygen atoms in total. The van der Waals surface area contributed by atoms with E-state index in [4.69, 9.17) is 5.11 Å². The van der Waals surface area contributed by atoms with E-state index in [1.54, 1.807) is 12.1 Å². The zero-order valence-corrected chi connectivity index (χ0v) is 11.9. The number of hydrogen-bond donors (Lipinski definition) is 1. The molecule has 0 saturated carbocycles. The Bertz CT molecular complexity index is 169. The van der Waals surface area contributed by atoms with Crippen LogP contribution in [0.15, 0.2) is 24.3 Å². The van der Waals surface area contributed by atoms with Crippen molar-refractivity contribution in [1.29, 1.82) is 0 Å². The Kier molecular flexibility index (Phi) is 1.84. The number of hydrogen-bond acceptors (Lipinski definition) is 1. The summed E-state index contributed by atoms with van der Waals surface area (Å²) in [6.45, 7) is 1.94. The van der Waals surface area contributed by atoms with Crippen molar-refractivity contribution in [2.24, 2.45) is 0 Å². The van der Waals surface area contributed by atoms with Crippen LogP contribution in [0.4, 0.5) is 0 Å². The van der Waals surface area contributed by atoms with Gasteiger partial charge in [-0.3, -0.25) is 0 Å². The van der Waals surface area contributed by atoms with Crippen LogP contribution in [-0.4, -0.2) is 5.11 Å². The number of rotatable bonds is 0. The molecule has 44 valence electrons. The maximum atomic E-state index is 8.81. The Morgan fingerprint density at radius 2 is 2.00 bits per heavy atom. The number of phenolic OH excluding ortho intramolecular Hbond substituents is 1. The first-order valence-electron chi connectivity index (χ1n) is 2.54. The molecule has 2 heteroatoms. The average Bonchev–Trinajstić information content (AvgIpc) is 1.64. The standard InChI is InChI=1S/C7H8O.Rf/c1-6-3-2-4-7(8)5-6;/h2-5,8H,1H3;. The minimum absolute atomic E-state index is 0. The van der Waals surface area contributed by atoms with Crippen molar-refractivity contribution < 1.29 is 5.11 Å². The molecule has 1 aromatic carbocycles. The summed E-state index contributed by atoms with van der Waals surface area (Å²) < 4.78 is 0. The molecule has 0 aliphatic heterocycles. The summed E-state index contributed by atoms with van der Waals surface area (Å²) in [5.74, 6) is 0.338. The first-order chi connectivity index (χ1) is 3.79. The summed E-state index contributed by atoms with van der Waals surface area (Å²) in [6.07, 6.45) is 0. The van der Waals surface area contributed by atoms with E-state index in [0.717, 1.165) is 5.56 Å². The van der Waals surface area contributed by atoms with Gasteiger partial charge in [0.05, 0.1) is 0 Å². The van der Waals surface area contributed by atoms with Gasteiger partial charge in [0.1, 0.15) is 5.75 Å². The Hall–Kier alpha value is -1.98. The van der Waals surface area contributed by atoms with E-state index in [1.807, 2.05) is 19.1 Å². The van der Waals surface area contributed by atoms with Gasteiger partial charge >= 0.3 is 0 Å². The van der Waals surface area contributed by atoms with Crippen LogP contribution in [-0.2, 0) is 0 Å². The largest absolute Gasteiger partial charge is 0.508 e. The van der Waals surface area contributed by atoms with Crippen molar-refractivity contribution in [3.8, 4) is 5.75 Å². The summed E-state index contributed by atoms with van der Waals surface area (Å²) in [5.41, 5.74) is 1.09. The molecule has 0 fully saturated rings. The van der Waals surface area contributed by atoms with Gasteiger partial charge in [0, 0.05) is 0 Å². The molecule has 0 atom stereocenters. The Balaban J connectivity index is 0.000000640. The molecule has 1 aromatic rings. The normalized spacial score (nSPS) is 8.11. The van der Waals surface area contributed by atoms with Gasteiger partial charge in [-0.25, -0.2) is 0 Å². The zero-order chi connectivity index (χ0) is 5.98. The summed E-state index contributed by atoms with van der Waals surface area (Å²) in [7, 11) is 0. The van der Waals surface area contributed by atoms with Crippen molar-refractivity contribution in [2.75, 3.05) is 0 Å². The summed E-state index contributed by atoms with van der Waals surface area (Å²) >= 11 is 0. The van der Waals surface area contributed by atoms with Crippen LogP contribution in [0.1, 0.15) is 5.56 Å². The Morgan fingerprint density at radius 1 is 1.33 bits per heavy atom. The third kappa shape index (κ3) is 1.51. The van der Waals surface area contributed by atoms with E-state index in [0.29, 0.717) is 5.75 Å². The van der Waals surface area contributed by atoms with Gasteiger partial charge < -0.3 is 5.11 Å². The minimum Gasteiger partial charge on any atom is -0.508 e.